The fourth-order valence-electron chi connectivity index (χ4n) is 5.20. The lowest BCUT2D eigenvalue weighted by Crippen LogP contribution is -2.31. The van der Waals surface area contributed by atoms with E-state index in [1.54, 1.807) is 0 Å². The first kappa shape index (κ1) is 15.7. The van der Waals surface area contributed by atoms with Crippen molar-refractivity contribution in [2.45, 2.75) is 43.7 Å². The molecular weight excluding hydrogens is 358 g/mol. The molecule has 3 aromatic rings. The normalized spacial score (nSPS) is 23.9. The van der Waals surface area contributed by atoms with Gasteiger partial charge in [0.25, 0.3) is 5.91 Å². The SMILES string of the molecule is CN1C(=O)c2cccc(C3CCC3)c2[C@H]2C[C@@H]1c1nc3ccc(Cl)cc3n12. The Morgan fingerprint density at radius 3 is 2.78 bits per heavy atom. The predicted octanol–water partition coefficient (Wildman–Crippen LogP) is 5.08. The van der Waals surface area contributed by atoms with Crippen molar-refractivity contribution in [2.24, 2.45) is 0 Å². The summed E-state index contributed by atoms with van der Waals surface area (Å²) in [5.41, 5.74) is 5.48. The van der Waals surface area contributed by atoms with Gasteiger partial charge in [-0.25, -0.2) is 4.98 Å². The number of benzene rings is 2. The highest BCUT2D eigenvalue weighted by Crippen LogP contribution is 2.51. The van der Waals surface area contributed by atoms with Gasteiger partial charge < -0.3 is 9.47 Å². The molecule has 136 valence electrons. The van der Waals surface area contributed by atoms with Gasteiger partial charge in [0.1, 0.15) is 5.82 Å². The summed E-state index contributed by atoms with van der Waals surface area (Å²) in [5.74, 6) is 1.69. The number of hydrogen-bond acceptors (Lipinski definition) is 2. The van der Waals surface area contributed by atoms with Crippen LogP contribution in [0, 0.1) is 0 Å². The number of halogens is 1. The molecule has 1 aliphatic carbocycles. The summed E-state index contributed by atoms with van der Waals surface area (Å²) < 4.78 is 2.34. The molecule has 0 N–H and O–H groups in total. The van der Waals surface area contributed by atoms with Gasteiger partial charge in [-0.05, 0) is 54.2 Å². The van der Waals surface area contributed by atoms with E-state index in [9.17, 15) is 4.79 Å². The minimum Gasteiger partial charge on any atom is -0.331 e. The quantitative estimate of drug-likeness (QED) is 0.593. The summed E-state index contributed by atoms with van der Waals surface area (Å²) in [6.07, 6.45) is 4.62. The van der Waals surface area contributed by atoms with Crippen LogP contribution in [0.2, 0.25) is 5.02 Å². The average molecular weight is 378 g/mol. The second kappa shape index (κ2) is 5.35. The maximum absolute atomic E-state index is 13.3. The molecule has 1 fully saturated rings. The summed E-state index contributed by atoms with van der Waals surface area (Å²) in [4.78, 5) is 20.0. The standard InChI is InChI=1S/C22H20ClN3O/c1-25-19-11-18(26-17-10-13(23)8-9-16(17)24-21(19)26)20-14(12-4-2-5-12)6-3-7-15(20)22(25)27/h3,6-10,12,18-19H,2,4-5,11H2,1H3/t18-,19-/m1/s1. The number of hydrogen-bond donors (Lipinski definition) is 0. The Hall–Kier alpha value is -2.33. The van der Waals surface area contributed by atoms with Crippen molar-refractivity contribution in [1.82, 2.24) is 14.5 Å². The summed E-state index contributed by atoms with van der Waals surface area (Å²) in [5, 5.41) is 0.724. The van der Waals surface area contributed by atoms with Crippen LogP contribution in [0.25, 0.3) is 11.0 Å². The molecule has 2 aliphatic heterocycles. The predicted molar refractivity (Wildman–Crippen MR) is 105 cm³/mol. The highest BCUT2D eigenvalue weighted by Gasteiger charge is 2.45. The van der Waals surface area contributed by atoms with Crippen molar-refractivity contribution in [1.29, 1.82) is 0 Å². The van der Waals surface area contributed by atoms with Crippen LogP contribution in [0.4, 0.5) is 0 Å². The van der Waals surface area contributed by atoms with Crippen LogP contribution in [0.1, 0.15) is 71.0 Å². The lowest BCUT2D eigenvalue weighted by atomic mass is 9.76. The number of carbonyl (C=O) groups is 1. The number of imidazole rings is 1. The van der Waals surface area contributed by atoms with Gasteiger partial charge in [-0.1, -0.05) is 30.2 Å². The van der Waals surface area contributed by atoms with Gasteiger partial charge in [0.05, 0.1) is 23.1 Å². The molecule has 4 nitrogen and oxygen atoms in total. The molecule has 3 aliphatic rings. The average Bonchev–Trinajstić information content (AvgIpc) is 3.13. The highest BCUT2D eigenvalue weighted by atomic mass is 35.5. The van der Waals surface area contributed by atoms with Gasteiger partial charge in [0.15, 0.2) is 0 Å². The number of fused-ring (bicyclic) bond motifs is 9. The number of aromatic nitrogens is 2. The van der Waals surface area contributed by atoms with E-state index >= 15 is 0 Å². The number of carbonyl (C=O) groups excluding carboxylic acids is 1. The van der Waals surface area contributed by atoms with Crippen LogP contribution in [0.15, 0.2) is 36.4 Å². The van der Waals surface area contributed by atoms with Crippen LogP contribution >= 0.6 is 11.6 Å². The highest BCUT2D eigenvalue weighted by molar-refractivity contribution is 6.31. The Morgan fingerprint density at radius 2 is 2.00 bits per heavy atom. The molecule has 0 saturated heterocycles. The molecule has 1 aromatic heterocycles. The van der Waals surface area contributed by atoms with Crippen molar-refractivity contribution >= 4 is 28.5 Å². The molecule has 2 bridgehead atoms. The van der Waals surface area contributed by atoms with Crippen molar-refractivity contribution in [2.75, 3.05) is 7.05 Å². The Labute approximate surface area is 162 Å². The zero-order valence-electron chi connectivity index (χ0n) is 15.2. The largest absolute Gasteiger partial charge is 0.331 e. The van der Waals surface area contributed by atoms with Gasteiger partial charge in [-0.2, -0.15) is 0 Å². The molecule has 6 rings (SSSR count). The van der Waals surface area contributed by atoms with Crippen molar-refractivity contribution in [3.05, 3.63) is 63.9 Å². The molecule has 1 saturated carbocycles. The van der Waals surface area contributed by atoms with E-state index in [1.807, 2.05) is 36.2 Å². The smallest absolute Gasteiger partial charge is 0.254 e. The molecule has 0 unspecified atom stereocenters. The molecular formula is C22H20ClN3O. The van der Waals surface area contributed by atoms with Gasteiger partial charge in [-0.3, -0.25) is 4.79 Å². The Kier molecular flexibility index (Phi) is 3.11. The van der Waals surface area contributed by atoms with E-state index in [0.29, 0.717) is 5.92 Å². The Bertz CT molecular complexity index is 1110. The van der Waals surface area contributed by atoms with E-state index in [2.05, 4.69) is 16.7 Å². The summed E-state index contributed by atoms with van der Waals surface area (Å²) >= 11 is 6.31. The maximum atomic E-state index is 13.3. The van der Waals surface area contributed by atoms with E-state index in [0.717, 1.165) is 33.9 Å². The number of nitrogens with zero attached hydrogens (tertiary/aromatic N) is 3. The third-order valence-electron chi connectivity index (χ3n) is 6.77. The van der Waals surface area contributed by atoms with Gasteiger partial charge >= 0.3 is 0 Å². The molecule has 5 heteroatoms. The van der Waals surface area contributed by atoms with E-state index in [4.69, 9.17) is 16.6 Å². The van der Waals surface area contributed by atoms with Crippen molar-refractivity contribution < 1.29 is 4.79 Å². The first-order chi connectivity index (χ1) is 13.1. The molecule has 2 atom stereocenters. The van der Waals surface area contributed by atoms with Gasteiger partial charge in [0.2, 0.25) is 0 Å². The molecule has 0 spiro atoms. The summed E-state index contributed by atoms with van der Waals surface area (Å²) in [7, 11) is 1.91. The third kappa shape index (κ3) is 1.99. The van der Waals surface area contributed by atoms with Crippen LogP contribution in [-0.4, -0.2) is 27.4 Å². The minimum absolute atomic E-state index is 0.00955. The molecule has 2 aromatic carbocycles. The third-order valence-corrected chi connectivity index (χ3v) is 7.01. The minimum atomic E-state index is 0.00955. The topological polar surface area (TPSA) is 38.1 Å². The zero-order chi connectivity index (χ0) is 18.3. The maximum Gasteiger partial charge on any atom is 0.254 e. The zero-order valence-corrected chi connectivity index (χ0v) is 15.9. The first-order valence-corrected chi connectivity index (χ1v) is 10.1. The second-order valence-corrected chi connectivity index (χ2v) is 8.53. The second-order valence-electron chi connectivity index (χ2n) is 8.09. The Morgan fingerprint density at radius 1 is 1.15 bits per heavy atom. The van der Waals surface area contributed by atoms with E-state index < -0.39 is 0 Å². The summed E-state index contributed by atoms with van der Waals surface area (Å²) in [6, 6.07) is 12.3. The Balaban J connectivity index is 1.67. The van der Waals surface area contributed by atoms with Crippen LogP contribution in [-0.2, 0) is 0 Å². The molecule has 27 heavy (non-hydrogen) atoms. The van der Waals surface area contributed by atoms with Crippen molar-refractivity contribution in [3.8, 4) is 0 Å². The molecule has 1 amide bonds. The fraction of sp³-hybridized carbons (Fsp3) is 0.364. The van der Waals surface area contributed by atoms with E-state index in [1.165, 1.54) is 30.4 Å². The summed E-state index contributed by atoms with van der Waals surface area (Å²) in [6.45, 7) is 0. The number of amides is 1. The first-order valence-electron chi connectivity index (χ1n) is 9.71. The monoisotopic (exact) mass is 377 g/mol. The van der Waals surface area contributed by atoms with Crippen LogP contribution < -0.4 is 0 Å². The van der Waals surface area contributed by atoms with Gasteiger partial charge in [0, 0.05) is 24.1 Å². The van der Waals surface area contributed by atoms with Gasteiger partial charge in [-0.15, -0.1) is 0 Å². The fourth-order valence-corrected chi connectivity index (χ4v) is 5.36. The number of rotatable bonds is 1. The lowest BCUT2D eigenvalue weighted by Gasteiger charge is -2.31. The van der Waals surface area contributed by atoms with Crippen molar-refractivity contribution in [3.63, 3.8) is 0 Å². The van der Waals surface area contributed by atoms with E-state index in [-0.39, 0.29) is 18.0 Å². The molecule has 0 radical (unpaired) electrons. The van der Waals surface area contributed by atoms with Crippen LogP contribution in [0.5, 0.6) is 0 Å². The lowest BCUT2D eigenvalue weighted by molar-refractivity contribution is 0.0734. The molecule has 3 heterocycles. The van der Waals surface area contributed by atoms with Crippen LogP contribution in [0.3, 0.4) is 0 Å².